The Hall–Kier alpha value is -0.490. The fourth-order valence-corrected chi connectivity index (χ4v) is 4.65. The molecule has 0 atom stereocenters. The number of sulfonamides is 1. The van der Waals surface area contributed by atoms with Crippen LogP contribution in [0.4, 0.5) is 5.69 Å². The topological polar surface area (TPSA) is 72.2 Å². The second-order valence-corrected chi connectivity index (χ2v) is 7.26. The van der Waals surface area contributed by atoms with Crippen LogP contribution < -0.4 is 10.5 Å². The number of nitrogens with one attached hydrogen (secondary N) is 1. The molecule has 1 aromatic rings. The summed E-state index contributed by atoms with van der Waals surface area (Å²) < 4.78 is 27.3. The van der Waals surface area contributed by atoms with Gasteiger partial charge in [-0.05, 0) is 25.0 Å². The van der Waals surface area contributed by atoms with E-state index in [4.69, 9.17) is 28.9 Å². The van der Waals surface area contributed by atoms with E-state index in [0.717, 1.165) is 32.1 Å². The molecule has 0 bridgehead atoms. The van der Waals surface area contributed by atoms with Gasteiger partial charge in [0, 0.05) is 11.1 Å². The molecule has 4 nitrogen and oxygen atoms in total. The van der Waals surface area contributed by atoms with Crippen LogP contribution in [0, 0.1) is 0 Å². The van der Waals surface area contributed by atoms with Crippen molar-refractivity contribution in [1.29, 1.82) is 0 Å². The molecule has 1 aromatic carbocycles. The molecule has 0 heterocycles. The van der Waals surface area contributed by atoms with Crippen LogP contribution in [0.2, 0.25) is 10.0 Å². The average Bonchev–Trinajstić information content (AvgIpc) is 2.27. The van der Waals surface area contributed by atoms with Gasteiger partial charge in [-0.1, -0.05) is 42.5 Å². The van der Waals surface area contributed by atoms with E-state index in [-0.39, 0.29) is 21.6 Å². The Morgan fingerprint density at radius 1 is 1.16 bits per heavy atom. The molecule has 19 heavy (non-hydrogen) atoms. The third-order valence-corrected chi connectivity index (χ3v) is 5.50. The molecule has 0 unspecified atom stereocenters. The van der Waals surface area contributed by atoms with Crippen molar-refractivity contribution < 1.29 is 8.42 Å². The number of hydrogen-bond donors (Lipinski definition) is 2. The first-order chi connectivity index (χ1) is 8.90. The quantitative estimate of drug-likeness (QED) is 0.839. The van der Waals surface area contributed by atoms with Gasteiger partial charge in [0.25, 0.3) is 0 Å². The molecule has 1 aliphatic carbocycles. The number of nitrogens with two attached hydrogens (primary N) is 1. The van der Waals surface area contributed by atoms with Crippen LogP contribution in [0.1, 0.15) is 32.1 Å². The lowest BCUT2D eigenvalue weighted by Crippen LogP contribution is -2.36. The maximum absolute atomic E-state index is 12.3. The lowest BCUT2D eigenvalue weighted by Gasteiger charge is -2.23. The SMILES string of the molecule is Nc1cc(Cl)cc(Cl)c1S(=O)(=O)NC1CCCCC1. The fourth-order valence-electron chi connectivity index (χ4n) is 2.36. The highest BCUT2D eigenvalue weighted by molar-refractivity contribution is 7.89. The van der Waals surface area contributed by atoms with E-state index in [0.29, 0.717) is 5.02 Å². The number of halogens is 2. The standard InChI is InChI=1S/C12H16Cl2N2O2S/c13-8-6-10(14)12(11(15)7-8)19(17,18)16-9-4-2-1-3-5-9/h6-7,9,16H,1-5,15H2. The second kappa shape index (κ2) is 5.87. The molecule has 0 amide bonds. The molecular weight excluding hydrogens is 307 g/mol. The first-order valence-corrected chi connectivity index (χ1v) is 8.41. The Labute approximate surface area is 123 Å². The second-order valence-electron chi connectivity index (χ2n) is 4.76. The normalized spacial score (nSPS) is 17.6. The smallest absolute Gasteiger partial charge is 0.244 e. The summed E-state index contributed by atoms with van der Waals surface area (Å²) in [5, 5.41) is 0.368. The molecule has 1 saturated carbocycles. The van der Waals surface area contributed by atoms with Crippen LogP contribution >= 0.6 is 23.2 Å². The first-order valence-electron chi connectivity index (χ1n) is 6.17. The van der Waals surface area contributed by atoms with Crippen LogP contribution in [0.15, 0.2) is 17.0 Å². The van der Waals surface area contributed by atoms with E-state index < -0.39 is 10.0 Å². The van der Waals surface area contributed by atoms with Crippen LogP contribution in [-0.4, -0.2) is 14.5 Å². The highest BCUT2D eigenvalue weighted by atomic mass is 35.5. The highest BCUT2D eigenvalue weighted by Crippen LogP contribution is 2.31. The Kier molecular flexibility index (Phi) is 4.61. The zero-order valence-corrected chi connectivity index (χ0v) is 12.7. The predicted octanol–water partition coefficient (Wildman–Crippen LogP) is 3.19. The molecule has 3 N–H and O–H groups in total. The van der Waals surface area contributed by atoms with Crippen molar-refractivity contribution in [2.75, 3.05) is 5.73 Å². The van der Waals surface area contributed by atoms with Crippen molar-refractivity contribution in [2.24, 2.45) is 0 Å². The molecule has 106 valence electrons. The summed E-state index contributed by atoms with van der Waals surface area (Å²) in [6, 6.07) is 2.74. The molecule has 0 aromatic heterocycles. The van der Waals surface area contributed by atoms with Gasteiger partial charge in [-0.25, -0.2) is 13.1 Å². The number of rotatable bonds is 3. The third kappa shape index (κ3) is 3.54. The van der Waals surface area contributed by atoms with Crippen molar-refractivity contribution in [2.45, 2.75) is 43.0 Å². The summed E-state index contributed by atoms with van der Waals surface area (Å²) in [6.45, 7) is 0. The van der Waals surface area contributed by atoms with Crippen molar-refractivity contribution in [3.8, 4) is 0 Å². The molecule has 2 rings (SSSR count). The van der Waals surface area contributed by atoms with Crippen molar-refractivity contribution >= 4 is 38.9 Å². The van der Waals surface area contributed by atoms with E-state index >= 15 is 0 Å². The van der Waals surface area contributed by atoms with E-state index in [1.165, 1.54) is 12.1 Å². The summed E-state index contributed by atoms with van der Waals surface area (Å²) >= 11 is 11.7. The average molecular weight is 323 g/mol. The monoisotopic (exact) mass is 322 g/mol. The number of anilines is 1. The molecule has 0 radical (unpaired) electrons. The summed E-state index contributed by atoms with van der Waals surface area (Å²) in [6.07, 6.45) is 4.94. The minimum Gasteiger partial charge on any atom is -0.398 e. The van der Waals surface area contributed by atoms with Gasteiger partial charge < -0.3 is 5.73 Å². The van der Waals surface area contributed by atoms with E-state index in [2.05, 4.69) is 4.72 Å². The van der Waals surface area contributed by atoms with Crippen molar-refractivity contribution in [3.05, 3.63) is 22.2 Å². The molecule has 0 aliphatic heterocycles. The summed E-state index contributed by atoms with van der Waals surface area (Å²) in [4.78, 5) is -0.0795. The van der Waals surface area contributed by atoms with E-state index in [1.807, 2.05) is 0 Å². The Morgan fingerprint density at radius 2 is 1.79 bits per heavy atom. The summed E-state index contributed by atoms with van der Waals surface area (Å²) in [7, 11) is -3.70. The van der Waals surface area contributed by atoms with Gasteiger partial charge in [-0.15, -0.1) is 0 Å². The van der Waals surface area contributed by atoms with Crippen LogP contribution in [0.25, 0.3) is 0 Å². The fraction of sp³-hybridized carbons (Fsp3) is 0.500. The van der Waals surface area contributed by atoms with E-state index in [1.54, 1.807) is 0 Å². The van der Waals surface area contributed by atoms with Gasteiger partial charge in [-0.2, -0.15) is 0 Å². The van der Waals surface area contributed by atoms with Gasteiger partial charge >= 0.3 is 0 Å². The maximum Gasteiger partial charge on any atom is 0.244 e. The minimum atomic E-state index is -3.70. The van der Waals surface area contributed by atoms with Gasteiger partial charge in [-0.3, -0.25) is 0 Å². The predicted molar refractivity (Wildman–Crippen MR) is 78.1 cm³/mol. The number of benzene rings is 1. The Morgan fingerprint density at radius 3 is 2.37 bits per heavy atom. The lowest BCUT2D eigenvalue weighted by atomic mass is 9.96. The van der Waals surface area contributed by atoms with Gasteiger partial charge in [0.15, 0.2) is 0 Å². The molecular formula is C12H16Cl2N2O2S. The molecule has 0 saturated heterocycles. The van der Waals surface area contributed by atoms with Crippen LogP contribution in [0.5, 0.6) is 0 Å². The van der Waals surface area contributed by atoms with Gasteiger partial charge in [0.2, 0.25) is 10.0 Å². The summed E-state index contributed by atoms with van der Waals surface area (Å²) in [5.74, 6) is 0. The number of nitrogen functional groups attached to an aromatic ring is 1. The Balaban J connectivity index is 2.29. The van der Waals surface area contributed by atoms with Gasteiger partial charge in [0.05, 0.1) is 10.7 Å². The third-order valence-electron chi connectivity index (χ3n) is 3.23. The van der Waals surface area contributed by atoms with Crippen molar-refractivity contribution in [1.82, 2.24) is 4.72 Å². The van der Waals surface area contributed by atoms with Gasteiger partial charge in [0.1, 0.15) is 4.90 Å². The largest absolute Gasteiger partial charge is 0.398 e. The highest BCUT2D eigenvalue weighted by Gasteiger charge is 2.26. The zero-order valence-electron chi connectivity index (χ0n) is 10.3. The van der Waals surface area contributed by atoms with Crippen LogP contribution in [-0.2, 0) is 10.0 Å². The Bertz CT molecular complexity index is 546. The maximum atomic E-state index is 12.3. The molecule has 1 fully saturated rings. The lowest BCUT2D eigenvalue weighted by molar-refractivity contribution is 0.412. The number of hydrogen-bond acceptors (Lipinski definition) is 3. The zero-order chi connectivity index (χ0) is 14.0. The summed E-state index contributed by atoms with van der Waals surface area (Å²) in [5.41, 5.74) is 5.80. The first kappa shape index (κ1) is 14.9. The van der Waals surface area contributed by atoms with Crippen molar-refractivity contribution in [3.63, 3.8) is 0 Å². The molecule has 1 aliphatic rings. The van der Waals surface area contributed by atoms with Crippen LogP contribution in [0.3, 0.4) is 0 Å². The van der Waals surface area contributed by atoms with E-state index in [9.17, 15) is 8.42 Å². The molecule has 7 heteroatoms. The molecule has 0 spiro atoms. The minimum absolute atomic E-state index is 0.0371.